The molecule has 0 aliphatic carbocycles. The highest BCUT2D eigenvalue weighted by atomic mass is 16.1. The van der Waals surface area contributed by atoms with E-state index in [2.05, 4.69) is 5.10 Å². The standard InChI is InChI=1S/C11H14N4O/c1-8-6-9(14(2)13-8)7-15-5-3-4-10(12)11(15)16/h3-6H,7,12H2,1-2H3. The van der Waals surface area contributed by atoms with Crippen LogP contribution in [0.1, 0.15) is 11.4 Å². The van der Waals surface area contributed by atoms with Gasteiger partial charge in [0.2, 0.25) is 0 Å². The van der Waals surface area contributed by atoms with Crippen molar-refractivity contribution in [2.45, 2.75) is 13.5 Å². The first-order chi connectivity index (χ1) is 7.58. The molecule has 2 N–H and O–H groups in total. The molecule has 2 aromatic rings. The second-order valence-electron chi connectivity index (χ2n) is 3.80. The number of rotatable bonds is 2. The average molecular weight is 218 g/mol. The van der Waals surface area contributed by atoms with E-state index in [1.807, 2.05) is 20.0 Å². The third-order valence-corrected chi connectivity index (χ3v) is 2.48. The van der Waals surface area contributed by atoms with Gasteiger partial charge in [-0.2, -0.15) is 5.10 Å². The predicted molar refractivity (Wildman–Crippen MR) is 62.2 cm³/mol. The van der Waals surface area contributed by atoms with Gasteiger partial charge in [0, 0.05) is 13.2 Å². The molecule has 0 aliphatic heterocycles. The van der Waals surface area contributed by atoms with Gasteiger partial charge >= 0.3 is 0 Å². The summed E-state index contributed by atoms with van der Waals surface area (Å²) in [6.45, 7) is 2.41. The zero-order chi connectivity index (χ0) is 11.7. The minimum Gasteiger partial charge on any atom is -0.394 e. The summed E-state index contributed by atoms with van der Waals surface area (Å²) in [5.41, 5.74) is 7.58. The van der Waals surface area contributed by atoms with Crippen molar-refractivity contribution in [1.29, 1.82) is 0 Å². The van der Waals surface area contributed by atoms with Crippen molar-refractivity contribution in [2.24, 2.45) is 7.05 Å². The Morgan fingerprint density at radius 2 is 2.25 bits per heavy atom. The number of hydrogen-bond donors (Lipinski definition) is 1. The fourth-order valence-electron chi connectivity index (χ4n) is 1.67. The smallest absolute Gasteiger partial charge is 0.274 e. The Bertz CT molecular complexity index is 568. The number of aromatic nitrogens is 3. The summed E-state index contributed by atoms with van der Waals surface area (Å²) in [6, 6.07) is 5.32. The van der Waals surface area contributed by atoms with Gasteiger partial charge in [0.05, 0.1) is 23.6 Å². The lowest BCUT2D eigenvalue weighted by molar-refractivity contribution is 0.652. The molecule has 0 fully saturated rings. The van der Waals surface area contributed by atoms with Crippen LogP contribution in [-0.2, 0) is 13.6 Å². The second kappa shape index (κ2) is 3.84. The molecule has 5 heteroatoms. The molecule has 0 aromatic carbocycles. The fourth-order valence-corrected chi connectivity index (χ4v) is 1.67. The molecule has 0 saturated carbocycles. The molecule has 5 nitrogen and oxygen atoms in total. The van der Waals surface area contributed by atoms with Crippen molar-refractivity contribution in [3.8, 4) is 0 Å². The quantitative estimate of drug-likeness (QED) is 0.799. The maximum atomic E-state index is 11.7. The number of pyridine rings is 1. The SMILES string of the molecule is Cc1cc(Cn2cccc(N)c2=O)n(C)n1. The van der Waals surface area contributed by atoms with Crippen LogP contribution in [0.2, 0.25) is 0 Å². The molecular weight excluding hydrogens is 204 g/mol. The van der Waals surface area contributed by atoms with Crippen LogP contribution in [-0.4, -0.2) is 14.3 Å². The van der Waals surface area contributed by atoms with Crippen LogP contribution in [0.15, 0.2) is 29.2 Å². The summed E-state index contributed by atoms with van der Waals surface area (Å²) >= 11 is 0. The summed E-state index contributed by atoms with van der Waals surface area (Å²) in [5.74, 6) is 0. The first-order valence-electron chi connectivity index (χ1n) is 5.02. The van der Waals surface area contributed by atoms with Crippen molar-refractivity contribution >= 4 is 5.69 Å². The molecule has 0 amide bonds. The number of aryl methyl sites for hydroxylation is 2. The van der Waals surface area contributed by atoms with Gasteiger partial charge in [-0.25, -0.2) is 0 Å². The molecule has 84 valence electrons. The van der Waals surface area contributed by atoms with E-state index in [0.717, 1.165) is 11.4 Å². The summed E-state index contributed by atoms with van der Waals surface area (Å²) < 4.78 is 3.34. The van der Waals surface area contributed by atoms with E-state index in [-0.39, 0.29) is 11.2 Å². The first kappa shape index (κ1) is 10.5. The first-order valence-corrected chi connectivity index (χ1v) is 5.02. The Hall–Kier alpha value is -2.04. The Labute approximate surface area is 93.1 Å². The average Bonchev–Trinajstić information content (AvgIpc) is 2.53. The van der Waals surface area contributed by atoms with Crippen LogP contribution in [0.4, 0.5) is 5.69 Å². The van der Waals surface area contributed by atoms with Gasteiger partial charge in [0.15, 0.2) is 0 Å². The topological polar surface area (TPSA) is 65.8 Å². The maximum absolute atomic E-state index is 11.7. The fraction of sp³-hybridized carbons (Fsp3) is 0.273. The number of anilines is 1. The van der Waals surface area contributed by atoms with Gasteiger partial charge in [-0.1, -0.05) is 0 Å². The van der Waals surface area contributed by atoms with Crippen molar-refractivity contribution in [3.63, 3.8) is 0 Å². The summed E-state index contributed by atoms with van der Waals surface area (Å²) in [6.07, 6.45) is 1.72. The van der Waals surface area contributed by atoms with E-state index in [1.54, 1.807) is 27.6 Å². The molecule has 0 bridgehead atoms. The van der Waals surface area contributed by atoms with Crippen LogP contribution in [0.25, 0.3) is 0 Å². The Balaban J connectivity index is 2.38. The monoisotopic (exact) mass is 218 g/mol. The predicted octanol–water partition coefficient (Wildman–Crippen LogP) is 0.521. The lowest BCUT2D eigenvalue weighted by Gasteiger charge is -2.06. The summed E-state index contributed by atoms with van der Waals surface area (Å²) in [7, 11) is 1.86. The van der Waals surface area contributed by atoms with E-state index in [0.29, 0.717) is 6.54 Å². The molecule has 2 rings (SSSR count). The van der Waals surface area contributed by atoms with Crippen LogP contribution in [0, 0.1) is 6.92 Å². The zero-order valence-electron chi connectivity index (χ0n) is 9.34. The van der Waals surface area contributed by atoms with Crippen molar-refractivity contribution in [1.82, 2.24) is 14.3 Å². The van der Waals surface area contributed by atoms with Gasteiger partial charge in [-0.15, -0.1) is 0 Å². The molecule has 0 aliphatic rings. The molecule has 0 saturated heterocycles. The van der Waals surface area contributed by atoms with Gasteiger partial charge in [0.1, 0.15) is 0 Å². The molecule has 0 spiro atoms. The summed E-state index contributed by atoms with van der Waals surface area (Å²) in [4.78, 5) is 11.7. The third-order valence-electron chi connectivity index (χ3n) is 2.48. The lowest BCUT2D eigenvalue weighted by atomic mass is 10.3. The van der Waals surface area contributed by atoms with Crippen LogP contribution < -0.4 is 11.3 Å². The molecule has 0 unspecified atom stereocenters. The highest BCUT2D eigenvalue weighted by molar-refractivity contribution is 5.33. The molecular formula is C11H14N4O. The van der Waals surface area contributed by atoms with Gasteiger partial charge in [0.25, 0.3) is 5.56 Å². The Kier molecular flexibility index (Phi) is 2.52. The van der Waals surface area contributed by atoms with E-state index < -0.39 is 0 Å². The van der Waals surface area contributed by atoms with Crippen LogP contribution in [0.5, 0.6) is 0 Å². The number of nitrogen functional groups attached to an aromatic ring is 1. The number of nitrogens with zero attached hydrogens (tertiary/aromatic N) is 3. The molecule has 0 atom stereocenters. The van der Waals surface area contributed by atoms with Gasteiger partial charge in [-0.05, 0) is 25.1 Å². The van der Waals surface area contributed by atoms with Gasteiger partial charge in [-0.3, -0.25) is 9.48 Å². The van der Waals surface area contributed by atoms with Crippen molar-refractivity contribution < 1.29 is 0 Å². The van der Waals surface area contributed by atoms with Crippen LogP contribution >= 0.6 is 0 Å². The van der Waals surface area contributed by atoms with Crippen LogP contribution in [0.3, 0.4) is 0 Å². The molecule has 2 aromatic heterocycles. The Morgan fingerprint density at radius 3 is 2.88 bits per heavy atom. The van der Waals surface area contributed by atoms with Gasteiger partial charge < -0.3 is 10.3 Å². The summed E-state index contributed by atoms with van der Waals surface area (Å²) in [5, 5.41) is 4.23. The van der Waals surface area contributed by atoms with Crippen molar-refractivity contribution in [2.75, 3.05) is 5.73 Å². The normalized spacial score (nSPS) is 10.6. The highest BCUT2D eigenvalue weighted by Gasteiger charge is 2.05. The largest absolute Gasteiger partial charge is 0.394 e. The number of nitrogens with two attached hydrogens (primary N) is 1. The molecule has 0 radical (unpaired) electrons. The van der Waals surface area contributed by atoms with E-state index in [4.69, 9.17) is 5.73 Å². The third kappa shape index (κ3) is 1.84. The Morgan fingerprint density at radius 1 is 1.50 bits per heavy atom. The minimum atomic E-state index is -0.165. The highest BCUT2D eigenvalue weighted by Crippen LogP contribution is 2.03. The zero-order valence-corrected chi connectivity index (χ0v) is 9.34. The van der Waals surface area contributed by atoms with E-state index in [1.165, 1.54) is 0 Å². The van der Waals surface area contributed by atoms with E-state index >= 15 is 0 Å². The number of hydrogen-bond acceptors (Lipinski definition) is 3. The van der Waals surface area contributed by atoms with E-state index in [9.17, 15) is 4.79 Å². The molecule has 16 heavy (non-hydrogen) atoms. The second-order valence-corrected chi connectivity index (χ2v) is 3.80. The maximum Gasteiger partial charge on any atom is 0.274 e. The molecule has 2 heterocycles. The lowest BCUT2D eigenvalue weighted by Crippen LogP contribution is -2.23. The minimum absolute atomic E-state index is 0.165. The van der Waals surface area contributed by atoms with Crippen molar-refractivity contribution in [3.05, 3.63) is 46.1 Å².